The van der Waals surface area contributed by atoms with Gasteiger partial charge in [-0.15, -0.1) is 11.3 Å². The van der Waals surface area contributed by atoms with Crippen molar-refractivity contribution in [3.8, 4) is 11.3 Å². The Kier molecular flexibility index (Phi) is 9.32. The first-order valence-electron chi connectivity index (χ1n) is 15.7. The van der Waals surface area contributed by atoms with Crippen molar-refractivity contribution in [3.63, 3.8) is 0 Å². The molecule has 1 aromatic heterocycles. The maximum Gasteiger partial charge on any atom is 0.249 e. The Morgan fingerprint density at radius 1 is 1.18 bits per heavy atom. The number of halogens is 1. The molecule has 2 amide bonds. The molecule has 0 spiro atoms. The highest BCUT2D eigenvalue weighted by Gasteiger charge is 2.54. The molecule has 4 atom stereocenters. The van der Waals surface area contributed by atoms with Crippen molar-refractivity contribution >= 4 is 34.1 Å². The second-order valence-corrected chi connectivity index (χ2v) is 13.6. The van der Waals surface area contributed by atoms with Gasteiger partial charge in [-0.1, -0.05) is 25.3 Å². The van der Waals surface area contributed by atoms with Gasteiger partial charge in [-0.25, -0.2) is 9.37 Å². The average Bonchev–Trinajstić information content (AvgIpc) is 3.71. The SMILES string of the molecule is COCCN1CCN(c2nc(-c3ccc(C(N)=O)c([C@@H](C(=O)N4C[C@H](F)[C@H]5OCC(=O)[C@H]54)C4CCCCC4)c3)c(C)s2)CC1. The van der Waals surface area contributed by atoms with Gasteiger partial charge in [0.25, 0.3) is 0 Å². The van der Waals surface area contributed by atoms with Crippen molar-refractivity contribution in [2.24, 2.45) is 11.7 Å². The summed E-state index contributed by atoms with van der Waals surface area (Å²) >= 11 is 1.64. The van der Waals surface area contributed by atoms with Crippen molar-refractivity contribution in [3.05, 3.63) is 34.2 Å². The van der Waals surface area contributed by atoms with Crippen molar-refractivity contribution in [1.82, 2.24) is 14.8 Å². The van der Waals surface area contributed by atoms with Crippen molar-refractivity contribution in [2.75, 3.05) is 64.5 Å². The van der Waals surface area contributed by atoms with E-state index in [0.29, 0.717) is 12.2 Å². The maximum absolute atomic E-state index is 15.0. The summed E-state index contributed by atoms with van der Waals surface area (Å²) in [4.78, 5) is 52.1. The molecular weight excluding hydrogens is 585 g/mol. The Morgan fingerprint density at radius 2 is 1.93 bits per heavy atom. The fourth-order valence-electron chi connectivity index (χ4n) is 7.42. The molecule has 1 aliphatic carbocycles. The molecule has 4 fully saturated rings. The number of piperazine rings is 1. The molecule has 12 heteroatoms. The number of benzene rings is 1. The monoisotopic (exact) mass is 627 g/mol. The van der Waals surface area contributed by atoms with Crippen LogP contribution in [0.4, 0.5) is 9.52 Å². The van der Waals surface area contributed by atoms with E-state index in [9.17, 15) is 18.8 Å². The first kappa shape index (κ1) is 31.1. The van der Waals surface area contributed by atoms with E-state index in [1.165, 1.54) is 4.90 Å². The minimum absolute atomic E-state index is 0.0550. The van der Waals surface area contributed by atoms with Crippen LogP contribution < -0.4 is 10.6 Å². The number of hydrogen-bond acceptors (Lipinski definition) is 9. The number of carbonyl (C=O) groups excluding carboxylic acids is 3. The highest BCUT2D eigenvalue weighted by molar-refractivity contribution is 7.16. The van der Waals surface area contributed by atoms with Crippen LogP contribution in [0.1, 0.15) is 58.8 Å². The molecule has 2 N–H and O–H groups in total. The number of methoxy groups -OCH3 is 1. The fraction of sp³-hybridized carbons (Fsp3) is 0.625. The number of ketones is 1. The molecule has 6 rings (SSSR count). The molecule has 4 heterocycles. The van der Waals surface area contributed by atoms with Crippen LogP contribution >= 0.6 is 11.3 Å². The number of rotatable bonds is 9. The Morgan fingerprint density at radius 3 is 2.64 bits per heavy atom. The van der Waals surface area contributed by atoms with E-state index in [0.717, 1.165) is 86.1 Å². The molecule has 1 saturated carbocycles. The molecule has 0 unspecified atom stereocenters. The van der Waals surface area contributed by atoms with Gasteiger partial charge in [0.15, 0.2) is 10.9 Å². The Labute approximate surface area is 261 Å². The van der Waals surface area contributed by atoms with Gasteiger partial charge in [0.2, 0.25) is 11.8 Å². The first-order valence-corrected chi connectivity index (χ1v) is 16.5. The number of fused-ring (bicyclic) bond motifs is 1. The third-order valence-corrected chi connectivity index (χ3v) is 10.8. The number of aryl methyl sites for hydroxylation is 1. The van der Waals surface area contributed by atoms with E-state index < -0.39 is 30.1 Å². The molecule has 238 valence electrons. The molecule has 0 bridgehead atoms. The number of carbonyl (C=O) groups is 3. The van der Waals surface area contributed by atoms with Crippen LogP contribution in [0.2, 0.25) is 0 Å². The Hall–Kier alpha value is -2.93. The van der Waals surface area contributed by atoms with E-state index in [1.807, 2.05) is 19.1 Å². The van der Waals surface area contributed by atoms with Gasteiger partial charge in [-0.2, -0.15) is 0 Å². The number of ether oxygens (including phenoxy) is 2. The lowest BCUT2D eigenvalue weighted by atomic mass is 9.74. The largest absolute Gasteiger partial charge is 0.383 e. The lowest BCUT2D eigenvalue weighted by molar-refractivity contribution is -0.139. The number of thiazole rings is 1. The number of amides is 2. The lowest BCUT2D eigenvalue weighted by Crippen LogP contribution is -2.47. The molecular formula is C32H42FN5O5S. The summed E-state index contributed by atoms with van der Waals surface area (Å²) in [6, 6.07) is 4.50. The number of aromatic nitrogens is 1. The van der Waals surface area contributed by atoms with Gasteiger partial charge < -0.3 is 25.0 Å². The Balaban J connectivity index is 1.33. The van der Waals surface area contributed by atoms with Gasteiger partial charge in [-0.3, -0.25) is 19.3 Å². The average molecular weight is 628 g/mol. The molecule has 0 radical (unpaired) electrons. The van der Waals surface area contributed by atoms with Gasteiger partial charge in [0, 0.05) is 55.8 Å². The van der Waals surface area contributed by atoms with Crippen LogP contribution in [0, 0.1) is 12.8 Å². The highest BCUT2D eigenvalue weighted by Crippen LogP contribution is 2.43. The second-order valence-electron chi connectivity index (χ2n) is 12.5. The predicted molar refractivity (Wildman–Crippen MR) is 166 cm³/mol. The predicted octanol–water partition coefficient (Wildman–Crippen LogP) is 3.17. The number of hydrogen-bond donors (Lipinski definition) is 1. The zero-order valence-corrected chi connectivity index (χ0v) is 26.3. The standard InChI is InChI=1S/C32H42FN5O5S/c1-19-27(35-32(44-19)37-12-10-36(11-13-37)14-15-42-2)21-8-9-22(30(34)40)23(16-21)26(20-6-4-3-5-7-20)31(41)38-17-24(33)29-28(38)25(39)18-43-29/h8-9,16,20,24,26,28-29H,3-7,10-15,17-18H2,1-2H3,(H2,34,40)/t24-,26-,28+,29+/m0/s1. The van der Waals surface area contributed by atoms with Crippen molar-refractivity contribution in [2.45, 2.75) is 63.3 Å². The minimum atomic E-state index is -1.43. The van der Waals surface area contributed by atoms with E-state index in [2.05, 4.69) is 9.80 Å². The molecule has 10 nitrogen and oxygen atoms in total. The van der Waals surface area contributed by atoms with Crippen LogP contribution in [0.3, 0.4) is 0 Å². The topological polar surface area (TPSA) is 118 Å². The van der Waals surface area contributed by atoms with E-state index >= 15 is 0 Å². The van der Waals surface area contributed by atoms with Gasteiger partial charge >= 0.3 is 0 Å². The zero-order chi connectivity index (χ0) is 31.0. The van der Waals surface area contributed by atoms with E-state index in [1.54, 1.807) is 24.5 Å². The maximum atomic E-state index is 15.0. The van der Waals surface area contributed by atoms with Gasteiger partial charge in [-0.05, 0) is 43.4 Å². The molecule has 4 aliphatic rings. The molecule has 2 aromatic rings. The summed E-state index contributed by atoms with van der Waals surface area (Å²) in [5, 5.41) is 0.946. The summed E-state index contributed by atoms with van der Waals surface area (Å²) in [7, 11) is 1.72. The number of primary amides is 1. The van der Waals surface area contributed by atoms with Crippen molar-refractivity contribution in [1.29, 1.82) is 0 Å². The molecule has 3 saturated heterocycles. The summed E-state index contributed by atoms with van der Waals surface area (Å²) in [6.07, 6.45) is 2.26. The molecule has 44 heavy (non-hydrogen) atoms. The smallest absolute Gasteiger partial charge is 0.249 e. The zero-order valence-electron chi connectivity index (χ0n) is 25.5. The van der Waals surface area contributed by atoms with Crippen LogP contribution in [0.5, 0.6) is 0 Å². The minimum Gasteiger partial charge on any atom is -0.383 e. The first-order chi connectivity index (χ1) is 21.3. The number of nitrogens with zero attached hydrogens (tertiary/aromatic N) is 4. The third kappa shape index (κ3) is 6.01. The lowest BCUT2D eigenvalue weighted by Gasteiger charge is -2.34. The van der Waals surface area contributed by atoms with E-state index in [-0.39, 0.29) is 36.3 Å². The normalized spacial score (nSPS) is 25.4. The summed E-state index contributed by atoms with van der Waals surface area (Å²) in [6.45, 7) is 6.89. The highest BCUT2D eigenvalue weighted by atomic mass is 32.1. The summed E-state index contributed by atoms with van der Waals surface area (Å²) in [5.74, 6) is -2.01. The number of nitrogens with two attached hydrogens (primary N) is 1. The van der Waals surface area contributed by atoms with Crippen LogP contribution in [0.15, 0.2) is 18.2 Å². The van der Waals surface area contributed by atoms with Gasteiger partial charge in [0.1, 0.15) is 24.9 Å². The summed E-state index contributed by atoms with van der Waals surface area (Å²) < 4.78 is 25.6. The molecule has 3 aliphatic heterocycles. The third-order valence-electron chi connectivity index (χ3n) is 9.76. The number of alkyl halides is 1. The summed E-state index contributed by atoms with van der Waals surface area (Å²) in [5.41, 5.74) is 8.33. The van der Waals surface area contributed by atoms with Gasteiger partial charge in [0.05, 0.1) is 24.8 Å². The second kappa shape index (κ2) is 13.2. The fourth-order valence-corrected chi connectivity index (χ4v) is 8.40. The van der Waals surface area contributed by atoms with Crippen LogP contribution in [-0.2, 0) is 19.1 Å². The quantitative estimate of drug-likeness (QED) is 0.451. The number of Topliss-reactive ketones (excluding diaryl/α,β-unsaturated/α-hetero) is 1. The number of likely N-dealkylation sites (tertiary alicyclic amines) is 1. The van der Waals surface area contributed by atoms with Crippen LogP contribution in [0.25, 0.3) is 11.3 Å². The van der Waals surface area contributed by atoms with E-state index in [4.69, 9.17) is 20.2 Å². The van der Waals surface area contributed by atoms with Crippen LogP contribution in [-0.4, -0.2) is 110 Å². The Bertz CT molecular complexity index is 1390. The molecule has 1 aromatic carbocycles. The number of anilines is 1. The van der Waals surface area contributed by atoms with Crippen molar-refractivity contribution < 1.29 is 28.2 Å².